The molecule has 2 saturated heterocycles. The van der Waals surface area contributed by atoms with E-state index in [4.69, 9.17) is 4.74 Å². The van der Waals surface area contributed by atoms with Crippen LogP contribution in [0.2, 0.25) is 0 Å². The molecule has 2 fully saturated rings. The van der Waals surface area contributed by atoms with Crippen LogP contribution in [0.4, 0.5) is 10.7 Å². The third-order valence-corrected chi connectivity index (χ3v) is 5.46. The highest BCUT2D eigenvalue weighted by Gasteiger charge is 2.23. The molecule has 2 aliphatic heterocycles. The van der Waals surface area contributed by atoms with Crippen LogP contribution in [0.5, 0.6) is 0 Å². The first kappa shape index (κ1) is 25.4. The van der Waals surface area contributed by atoms with Crippen LogP contribution in [0.25, 0.3) is 0 Å². The second-order valence-corrected chi connectivity index (χ2v) is 7.38. The van der Waals surface area contributed by atoms with Crippen molar-refractivity contribution in [1.82, 2.24) is 30.0 Å². The van der Waals surface area contributed by atoms with Gasteiger partial charge in [0, 0.05) is 78.3 Å². The van der Waals surface area contributed by atoms with Crippen molar-refractivity contribution in [3.63, 3.8) is 0 Å². The summed E-state index contributed by atoms with van der Waals surface area (Å²) in [7, 11) is 1.81. The normalized spacial score (nSPS) is 17.9. The smallest absolute Gasteiger partial charge is 0.409 e. The van der Waals surface area contributed by atoms with Crippen molar-refractivity contribution in [3.8, 4) is 0 Å². The Morgan fingerprint density at radius 1 is 1.06 bits per heavy atom. The number of hydrogen-bond acceptors (Lipinski definition) is 7. The van der Waals surface area contributed by atoms with E-state index in [0.29, 0.717) is 19.7 Å². The molecule has 0 aliphatic carbocycles. The van der Waals surface area contributed by atoms with Crippen molar-refractivity contribution in [2.45, 2.75) is 13.3 Å². The molecule has 0 bridgehead atoms. The Labute approximate surface area is 202 Å². The number of nitrogens with one attached hydrogen (secondary N) is 1. The summed E-state index contributed by atoms with van der Waals surface area (Å²) in [5.41, 5.74) is 0. The van der Waals surface area contributed by atoms with E-state index in [1.54, 1.807) is 17.3 Å². The van der Waals surface area contributed by atoms with Crippen LogP contribution in [-0.2, 0) is 4.74 Å². The Kier molecular flexibility index (Phi) is 11.1. The van der Waals surface area contributed by atoms with Crippen molar-refractivity contribution in [3.05, 3.63) is 18.5 Å². The van der Waals surface area contributed by atoms with Gasteiger partial charge >= 0.3 is 6.09 Å². The monoisotopic (exact) mass is 546 g/mol. The number of aromatic nitrogens is 2. The van der Waals surface area contributed by atoms with E-state index in [1.165, 1.54) is 0 Å². The van der Waals surface area contributed by atoms with Gasteiger partial charge in [-0.1, -0.05) is 0 Å². The number of guanidine groups is 1. The average Bonchev–Trinajstić information content (AvgIpc) is 2.80. The first-order chi connectivity index (χ1) is 14.7. The second kappa shape index (κ2) is 13.5. The molecule has 3 rings (SSSR count). The number of ether oxygens (including phenoxy) is 1. The molecule has 1 aromatic heterocycles. The number of hydrogen-bond donors (Lipinski definition) is 1. The van der Waals surface area contributed by atoms with Gasteiger partial charge in [-0.15, -0.1) is 24.0 Å². The molecule has 174 valence electrons. The highest BCUT2D eigenvalue weighted by Crippen LogP contribution is 2.10. The molecule has 0 unspecified atom stereocenters. The molecule has 0 spiro atoms. The largest absolute Gasteiger partial charge is 0.450 e. The summed E-state index contributed by atoms with van der Waals surface area (Å²) in [4.78, 5) is 33.6. The molecule has 2 aliphatic rings. The van der Waals surface area contributed by atoms with Gasteiger partial charge in [0.25, 0.3) is 0 Å². The maximum absolute atomic E-state index is 11.8. The van der Waals surface area contributed by atoms with Crippen LogP contribution >= 0.6 is 24.0 Å². The number of carbonyl (C=O) groups is 1. The van der Waals surface area contributed by atoms with Gasteiger partial charge in [0.15, 0.2) is 5.96 Å². The second-order valence-electron chi connectivity index (χ2n) is 7.38. The molecule has 0 radical (unpaired) electrons. The summed E-state index contributed by atoms with van der Waals surface area (Å²) in [5.74, 6) is 1.73. The molecule has 10 nitrogen and oxygen atoms in total. The molecule has 1 amide bonds. The first-order valence-corrected chi connectivity index (χ1v) is 10.8. The molecular formula is C20H35IN8O2. The van der Waals surface area contributed by atoms with E-state index in [1.807, 2.05) is 20.0 Å². The van der Waals surface area contributed by atoms with Gasteiger partial charge in [-0.25, -0.2) is 14.8 Å². The highest BCUT2D eigenvalue weighted by atomic mass is 127. The van der Waals surface area contributed by atoms with Crippen molar-refractivity contribution >= 4 is 42.0 Å². The highest BCUT2D eigenvalue weighted by molar-refractivity contribution is 14.0. The van der Waals surface area contributed by atoms with E-state index in [2.05, 4.69) is 35.0 Å². The van der Waals surface area contributed by atoms with Gasteiger partial charge < -0.3 is 24.8 Å². The van der Waals surface area contributed by atoms with Gasteiger partial charge in [0.2, 0.25) is 5.95 Å². The Morgan fingerprint density at radius 2 is 1.71 bits per heavy atom. The van der Waals surface area contributed by atoms with Crippen LogP contribution in [0.3, 0.4) is 0 Å². The van der Waals surface area contributed by atoms with Crippen LogP contribution in [0, 0.1) is 0 Å². The number of anilines is 1. The number of carbonyl (C=O) groups excluding carboxylic acids is 1. The summed E-state index contributed by atoms with van der Waals surface area (Å²) in [6, 6.07) is 1.85. The van der Waals surface area contributed by atoms with Crippen molar-refractivity contribution in [2.75, 3.05) is 84.0 Å². The number of halogens is 1. The summed E-state index contributed by atoms with van der Waals surface area (Å²) in [6.45, 7) is 11.0. The summed E-state index contributed by atoms with van der Waals surface area (Å²) >= 11 is 0. The minimum Gasteiger partial charge on any atom is -0.450 e. The minimum atomic E-state index is -0.223. The predicted octanol–water partition coefficient (Wildman–Crippen LogP) is 0.956. The van der Waals surface area contributed by atoms with Crippen LogP contribution in [0.15, 0.2) is 23.5 Å². The topological polar surface area (TPSA) is 89.4 Å². The molecule has 0 saturated carbocycles. The van der Waals surface area contributed by atoms with Crippen LogP contribution in [0.1, 0.15) is 13.3 Å². The van der Waals surface area contributed by atoms with E-state index in [0.717, 1.165) is 70.7 Å². The summed E-state index contributed by atoms with van der Waals surface area (Å²) in [6.07, 6.45) is 4.43. The van der Waals surface area contributed by atoms with E-state index in [9.17, 15) is 4.79 Å². The van der Waals surface area contributed by atoms with Gasteiger partial charge in [0.1, 0.15) is 0 Å². The Balaban J connectivity index is 0.00000341. The van der Waals surface area contributed by atoms with E-state index < -0.39 is 0 Å². The Morgan fingerprint density at radius 3 is 2.32 bits per heavy atom. The minimum absolute atomic E-state index is 0. The Bertz CT molecular complexity index is 677. The lowest BCUT2D eigenvalue weighted by atomic mass is 10.3. The van der Waals surface area contributed by atoms with Gasteiger partial charge in [-0.3, -0.25) is 9.89 Å². The van der Waals surface area contributed by atoms with Gasteiger partial charge in [0.05, 0.1) is 6.61 Å². The maximum Gasteiger partial charge on any atom is 0.409 e. The zero-order valence-corrected chi connectivity index (χ0v) is 20.9. The predicted molar refractivity (Wildman–Crippen MR) is 132 cm³/mol. The number of amides is 1. The first-order valence-electron chi connectivity index (χ1n) is 10.8. The lowest BCUT2D eigenvalue weighted by Crippen LogP contribution is -2.54. The molecule has 0 atom stereocenters. The third kappa shape index (κ3) is 7.63. The summed E-state index contributed by atoms with van der Waals surface area (Å²) < 4.78 is 5.08. The molecule has 31 heavy (non-hydrogen) atoms. The fourth-order valence-electron chi connectivity index (χ4n) is 3.78. The molecule has 3 heterocycles. The average molecular weight is 546 g/mol. The van der Waals surface area contributed by atoms with Crippen molar-refractivity contribution in [2.24, 2.45) is 4.99 Å². The summed E-state index contributed by atoms with van der Waals surface area (Å²) in [5, 5.41) is 3.47. The number of aliphatic imine (C=N–C) groups is 1. The number of nitrogens with zero attached hydrogens (tertiary/aromatic N) is 7. The van der Waals surface area contributed by atoms with Crippen molar-refractivity contribution < 1.29 is 9.53 Å². The lowest BCUT2D eigenvalue weighted by molar-refractivity contribution is 0.0914. The molecule has 1 aromatic rings. The molecule has 1 N–H and O–H groups in total. The lowest BCUT2D eigenvalue weighted by Gasteiger charge is -2.36. The SMILES string of the molecule is CCOC(=O)N1CCN(C(=NC)NCCCN2CCN(c3ncccn3)CC2)CC1.I. The van der Waals surface area contributed by atoms with Crippen molar-refractivity contribution in [1.29, 1.82) is 0 Å². The van der Waals surface area contributed by atoms with Gasteiger partial charge in [-0.2, -0.15) is 0 Å². The maximum atomic E-state index is 11.8. The van der Waals surface area contributed by atoms with Crippen LogP contribution in [-0.4, -0.2) is 116 Å². The quantitative estimate of drug-likeness (QED) is 0.244. The molecular weight excluding hydrogens is 511 g/mol. The standard InChI is InChI=1S/C20H34N8O2.HI/c1-3-30-20(29)28-16-14-26(15-17-28)18(21-2)22-8-5-9-25-10-12-27(13-11-25)19-23-6-4-7-24-19;/h4,6-7H,3,5,8-17H2,1-2H3,(H,21,22);1H. The fourth-order valence-corrected chi connectivity index (χ4v) is 3.78. The van der Waals surface area contributed by atoms with E-state index >= 15 is 0 Å². The van der Waals surface area contributed by atoms with Crippen LogP contribution < -0.4 is 10.2 Å². The fraction of sp³-hybridized carbons (Fsp3) is 0.700. The Hall–Kier alpha value is -1.89. The number of piperazine rings is 2. The molecule has 0 aromatic carbocycles. The number of rotatable bonds is 6. The molecule has 11 heteroatoms. The zero-order valence-electron chi connectivity index (χ0n) is 18.6. The van der Waals surface area contributed by atoms with Gasteiger partial charge in [-0.05, 0) is 26.0 Å². The third-order valence-electron chi connectivity index (χ3n) is 5.46. The van der Waals surface area contributed by atoms with E-state index in [-0.39, 0.29) is 30.1 Å². The zero-order chi connectivity index (χ0) is 21.2.